The van der Waals surface area contributed by atoms with Crippen LogP contribution in [0, 0.1) is 0 Å². The second kappa shape index (κ2) is 5.04. The van der Waals surface area contributed by atoms with Crippen LogP contribution in [0.3, 0.4) is 0 Å². The molecular formula is C8H15NOS2. The first kappa shape index (κ1) is 10.3. The molecule has 0 amide bonds. The molecule has 0 N–H and O–H groups in total. The summed E-state index contributed by atoms with van der Waals surface area (Å²) in [5.74, 6) is 1.02. The molecule has 12 heavy (non-hydrogen) atoms. The minimum atomic E-state index is 0.475. The molecule has 70 valence electrons. The van der Waals surface area contributed by atoms with E-state index in [1.54, 1.807) is 11.8 Å². The lowest BCUT2D eigenvalue weighted by molar-refractivity contribution is 0.426. The number of thioether (sulfide) groups is 1. The molecule has 0 saturated carbocycles. The van der Waals surface area contributed by atoms with E-state index in [0.29, 0.717) is 6.10 Å². The average molecular weight is 205 g/mol. The molecular weight excluding hydrogens is 190 g/mol. The summed E-state index contributed by atoms with van der Waals surface area (Å²) in [6, 6.07) is 0. The number of hydrogen-bond acceptors (Lipinski definition) is 3. The van der Waals surface area contributed by atoms with Gasteiger partial charge in [-0.15, -0.1) is 0 Å². The molecule has 4 heteroatoms. The van der Waals surface area contributed by atoms with Crippen molar-refractivity contribution in [1.29, 1.82) is 0 Å². The maximum atomic E-state index is 5.25. The summed E-state index contributed by atoms with van der Waals surface area (Å²) in [6.45, 7) is 7.20. The quantitative estimate of drug-likeness (QED) is 0.513. The first-order valence-electron chi connectivity index (χ1n) is 4.31. The summed E-state index contributed by atoms with van der Waals surface area (Å²) < 4.78 is 6.12. The van der Waals surface area contributed by atoms with Crippen LogP contribution in [0.1, 0.15) is 13.8 Å². The van der Waals surface area contributed by atoms with Crippen molar-refractivity contribution in [1.82, 2.24) is 4.90 Å². The van der Waals surface area contributed by atoms with E-state index in [4.69, 9.17) is 17.0 Å². The van der Waals surface area contributed by atoms with Gasteiger partial charge in [0.15, 0.2) is 0 Å². The van der Waals surface area contributed by atoms with Crippen molar-refractivity contribution in [2.24, 2.45) is 0 Å². The van der Waals surface area contributed by atoms with Crippen LogP contribution in [0.15, 0.2) is 0 Å². The summed E-state index contributed by atoms with van der Waals surface area (Å²) >= 11 is 6.99. The normalized spacial score (nSPS) is 20.7. The SMILES string of the molecule is CCN(CC)C(=S)SCC1CO1. The van der Waals surface area contributed by atoms with E-state index in [0.717, 1.165) is 29.8 Å². The Morgan fingerprint density at radius 3 is 2.58 bits per heavy atom. The zero-order valence-electron chi connectivity index (χ0n) is 7.58. The number of thiocarbonyl (C=S) groups is 1. The highest BCUT2D eigenvalue weighted by molar-refractivity contribution is 8.22. The van der Waals surface area contributed by atoms with E-state index < -0.39 is 0 Å². The van der Waals surface area contributed by atoms with Crippen molar-refractivity contribution in [3.05, 3.63) is 0 Å². The minimum absolute atomic E-state index is 0.475. The molecule has 1 unspecified atom stereocenters. The lowest BCUT2D eigenvalue weighted by Crippen LogP contribution is -2.27. The Kier molecular flexibility index (Phi) is 4.32. The molecule has 0 radical (unpaired) electrons. The Morgan fingerprint density at radius 1 is 1.58 bits per heavy atom. The third-order valence-electron chi connectivity index (χ3n) is 1.82. The van der Waals surface area contributed by atoms with Crippen LogP contribution in [-0.2, 0) is 4.74 Å². The van der Waals surface area contributed by atoms with Crippen LogP contribution in [0.4, 0.5) is 0 Å². The Labute approximate surface area is 83.6 Å². The molecule has 0 aliphatic carbocycles. The van der Waals surface area contributed by atoms with Crippen molar-refractivity contribution in [3.63, 3.8) is 0 Å². The second-order valence-corrected chi connectivity index (χ2v) is 4.36. The summed E-state index contributed by atoms with van der Waals surface area (Å²) in [4.78, 5) is 2.20. The van der Waals surface area contributed by atoms with E-state index in [2.05, 4.69) is 18.7 Å². The fraction of sp³-hybridized carbons (Fsp3) is 0.875. The monoisotopic (exact) mass is 205 g/mol. The molecule has 1 heterocycles. The van der Waals surface area contributed by atoms with Gasteiger partial charge >= 0.3 is 0 Å². The van der Waals surface area contributed by atoms with Gasteiger partial charge in [-0.1, -0.05) is 24.0 Å². The van der Waals surface area contributed by atoms with Gasteiger partial charge in [0.1, 0.15) is 4.32 Å². The molecule has 1 atom stereocenters. The van der Waals surface area contributed by atoms with Crippen molar-refractivity contribution < 1.29 is 4.74 Å². The number of nitrogens with zero attached hydrogens (tertiary/aromatic N) is 1. The van der Waals surface area contributed by atoms with Crippen LogP contribution in [-0.4, -0.2) is 40.8 Å². The molecule has 1 aliphatic rings. The predicted molar refractivity (Wildman–Crippen MR) is 57.7 cm³/mol. The van der Waals surface area contributed by atoms with E-state index in [-0.39, 0.29) is 0 Å². The third-order valence-corrected chi connectivity index (χ3v) is 3.47. The smallest absolute Gasteiger partial charge is 0.136 e. The minimum Gasteiger partial charge on any atom is -0.372 e. The van der Waals surface area contributed by atoms with E-state index in [9.17, 15) is 0 Å². The topological polar surface area (TPSA) is 15.8 Å². The zero-order chi connectivity index (χ0) is 8.97. The highest BCUT2D eigenvalue weighted by Gasteiger charge is 2.23. The van der Waals surface area contributed by atoms with Gasteiger partial charge in [0, 0.05) is 18.8 Å². The molecule has 1 rings (SSSR count). The van der Waals surface area contributed by atoms with Crippen molar-refractivity contribution in [2.45, 2.75) is 20.0 Å². The van der Waals surface area contributed by atoms with Crippen molar-refractivity contribution in [3.8, 4) is 0 Å². The van der Waals surface area contributed by atoms with Crippen LogP contribution in [0.25, 0.3) is 0 Å². The highest BCUT2D eigenvalue weighted by Crippen LogP contribution is 2.18. The van der Waals surface area contributed by atoms with Gasteiger partial charge in [0.25, 0.3) is 0 Å². The second-order valence-electron chi connectivity index (χ2n) is 2.70. The maximum absolute atomic E-state index is 5.25. The lowest BCUT2D eigenvalue weighted by Gasteiger charge is -2.20. The molecule has 1 fully saturated rings. The Balaban J connectivity index is 2.15. The van der Waals surface area contributed by atoms with Gasteiger partial charge in [0.05, 0.1) is 12.7 Å². The van der Waals surface area contributed by atoms with Crippen molar-refractivity contribution in [2.75, 3.05) is 25.4 Å². The highest BCUT2D eigenvalue weighted by atomic mass is 32.2. The van der Waals surface area contributed by atoms with E-state index >= 15 is 0 Å². The summed E-state index contributed by atoms with van der Waals surface area (Å²) in [5, 5.41) is 0. The molecule has 0 spiro atoms. The third kappa shape index (κ3) is 3.29. The fourth-order valence-corrected chi connectivity index (χ4v) is 2.33. The van der Waals surface area contributed by atoms with Crippen LogP contribution in [0.2, 0.25) is 0 Å². The number of epoxide rings is 1. The van der Waals surface area contributed by atoms with Crippen molar-refractivity contribution >= 4 is 28.3 Å². The summed E-state index contributed by atoms with van der Waals surface area (Å²) in [5.41, 5.74) is 0. The first-order valence-corrected chi connectivity index (χ1v) is 5.70. The molecule has 0 bridgehead atoms. The van der Waals surface area contributed by atoms with Crippen LogP contribution in [0.5, 0.6) is 0 Å². The fourth-order valence-electron chi connectivity index (χ4n) is 0.902. The molecule has 0 aromatic heterocycles. The van der Waals surface area contributed by atoms with Crippen LogP contribution < -0.4 is 0 Å². The number of hydrogen-bond donors (Lipinski definition) is 0. The predicted octanol–water partition coefficient (Wildman–Crippen LogP) is 1.75. The molecule has 0 aromatic rings. The summed E-state index contributed by atoms with van der Waals surface area (Å²) in [7, 11) is 0. The van der Waals surface area contributed by atoms with Gasteiger partial charge in [0.2, 0.25) is 0 Å². The van der Waals surface area contributed by atoms with Crippen LogP contribution >= 0.6 is 24.0 Å². The molecule has 1 saturated heterocycles. The number of ether oxygens (including phenoxy) is 1. The van der Waals surface area contributed by atoms with Gasteiger partial charge in [-0.25, -0.2) is 0 Å². The van der Waals surface area contributed by atoms with E-state index in [1.165, 1.54) is 0 Å². The van der Waals surface area contributed by atoms with E-state index in [1.807, 2.05) is 0 Å². The Hall–Kier alpha value is 0.200. The molecule has 1 aliphatic heterocycles. The lowest BCUT2D eigenvalue weighted by atomic mass is 10.6. The zero-order valence-corrected chi connectivity index (χ0v) is 9.21. The first-order chi connectivity index (χ1) is 5.77. The average Bonchev–Trinajstić information content (AvgIpc) is 2.86. The Morgan fingerprint density at radius 2 is 2.17 bits per heavy atom. The largest absolute Gasteiger partial charge is 0.372 e. The van der Waals surface area contributed by atoms with Gasteiger partial charge in [-0.05, 0) is 13.8 Å². The van der Waals surface area contributed by atoms with Gasteiger partial charge in [-0.3, -0.25) is 0 Å². The van der Waals surface area contributed by atoms with Gasteiger partial charge in [-0.2, -0.15) is 0 Å². The molecule has 2 nitrogen and oxygen atoms in total. The van der Waals surface area contributed by atoms with Gasteiger partial charge < -0.3 is 9.64 Å². The summed E-state index contributed by atoms with van der Waals surface area (Å²) in [6.07, 6.45) is 0.475. The maximum Gasteiger partial charge on any atom is 0.136 e. The molecule has 0 aromatic carbocycles. The standard InChI is InChI=1S/C8H15NOS2/c1-3-9(4-2)8(11)12-6-7-5-10-7/h7H,3-6H2,1-2H3. The number of rotatable bonds is 4. The Bertz CT molecular complexity index is 155.